The summed E-state index contributed by atoms with van der Waals surface area (Å²) in [6.45, 7) is 0. The van der Waals surface area contributed by atoms with Crippen LogP contribution in [0, 0.1) is 0 Å². The van der Waals surface area contributed by atoms with Crippen molar-refractivity contribution in [2.45, 2.75) is 25.1 Å². The minimum absolute atomic E-state index is 0.653. The Bertz CT molecular complexity index is 145. The zero-order chi connectivity index (χ0) is 9.07. The maximum absolute atomic E-state index is 11.5. The monoisotopic (exact) mass is 171 g/mol. The van der Waals surface area contributed by atoms with Gasteiger partial charge in [-0.15, -0.1) is 0 Å². The van der Waals surface area contributed by atoms with Crippen LogP contribution in [-0.2, 0) is 4.79 Å². The number of aliphatic carboxylic acids is 1. The van der Waals surface area contributed by atoms with E-state index in [1.165, 1.54) is 0 Å². The zero-order valence-corrected chi connectivity index (χ0v) is 5.56. The number of hydrogen-bond donors (Lipinski definition) is 2. The van der Waals surface area contributed by atoms with E-state index in [-0.39, 0.29) is 0 Å². The van der Waals surface area contributed by atoms with Crippen LogP contribution < -0.4 is 5.73 Å². The van der Waals surface area contributed by atoms with E-state index in [0.717, 1.165) is 0 Å². The van der Waals surface area contributed by atoms with Crippen molar-refractivity contribution in [3.8, 4) is 0 Å². The number of carboxylic acid groups (broad SMARTS) is 1. The molecule has 11 heavy (non-hydrogen) atoms. The van der Waals surface area contributed by atoms with Gasteiger partial charge in [-0.05, 0) is 0 Å². The zero-order valence-electron chi connectivity index (χ0n) is 5.56. The van der Waals surface area contributed by atoms with Crippen LogP contribution >= 0.6 is 0 Å². The van der Waals surface area contributed by atoms with Gasteiger partial charge in [-0.1, -0.05) is 0 Å². The summed E-state index contributed by atoms with van der Waals surface area (Å²) in [5.74, 6) is -1.32. The Morgan fingerprint density at radius 2 is 2.00 bits per heavy atom. The lowest BCUT2D eigenvalue weighted by molar-refractivity contribution is -0.145. The van der Waals surface area contributed by atoms with E-state index in [0.29, 0.717) is 0 Å². The van der Waals surface area contributed by atoms with Crippen molar-refractivity contribution in [1.82, 2.24) is 0 Å². The second kappa shape index (κ2) is 3.56. The average molecular weight is 171 g/mol. The van der Waals surface area contributed by atoms with Crippen LogP contribution in [0.1, 0.15) is 12.8 Å². The van der Waals surface area contributed by atoms with Crippen molar-refractivity contribution in [3.05, 3.63) is 0 Å². The molecule has 3 N–H and O–H groups in total. The maximum atomic E-state index is 11.5. The highest BCUT2D eigenvalue weighted by molar-refractivity contribution is 5.67. The Balaban J connectivity index is 3.69. The second-order valence-electron chi connectivity index (χ2n) is 2.18. The van der Waals surface area contributed by atoms with Crippen LogP contribution in [0.15, 0.2) is 0 Å². The van der Waals surface area contributed by atoms with E-state index in [4.69, 9.17) is 10.8 Å². The fourth-order valence-electron chi connectivity index (χ4n) is 0.594. The number of carbonyl (C=O) groups is 1. The number of halogens is 3. The Kier molecular flexibility index (Phi) is 3.31. The molecular formula is C5H8F3NO2. The van der Waals surface area contributed by atoms with Crippen LogP contribution in [0.2, 0.25) is 0 Å². The molecule has 0 aromatic heterocycles. The van der Waals surface area contributed by atoms with Gasteiger partial charge < -0.3 is 10.8 Å². The van der Waals surface area contributed by atoms with E-state index >= 15 is 0 Å². The molecule has 0 spiro atoms. The Morgan fingerprint density at radius 1 is 1.55 bits per heavy atom. The molecule has 0 amide bonds. The van der Waals surface area contributed by atoms with E-state index in [2.05, 4.69) is 0 Å². The molecule has 0 saturated heterocycles. The standard InChI is InChI=1S/C5H8F3NO2/c6-5(7,8)2-3(9)1-4(10)11/h3H,1-2,9H2,(H,10,11). The smallest absolute Gasteiger partial charge is 0.390 e. The molecule has 0 radical (unpaired) electrons. The SMILES string of the molecule is NC(CC(=O)O)CC(F)(F)F. The second-order valence-corrected chi connectivity index (χ2v) is 2.18. The summed E-state index contributed by atoms with van der Waals surface area (Å²) >= 11 is 0. The van der Waals surface area contributed by atoms with Crippen molar-refractivity contribution in [2.75, 3.05) is 0 Å². The molecule has 0 aliphatic rings. The van der Waals surface area contributed by atoms with Gasteiger partial charge in [-0.25, -0.2) is 0 Å². The Hall–Kier alpha value is -0.780. The molecule has 6 heteroatoms. The highest BCUT2D eigenvalue weighted by Crippen LogP contribution is 2.21. The molecule has 1 atom stereocenters. The molecule has 1 unspecified atom stereocenters. The molecular weight excluding hydrogens is 163 g/mol. The first-order chi connectivity index (χ1) is 4.81. The van der Waals surface area contributed by atoms with Gasteiger partial charge in [0, 0.05) is 6.04 Å². The average Bonchev–Trinajstić information content (AvgIpc) is 1.53. The minimum Gasteiger partial charge on any atom is -0.481 e. The van der Waals surface area contributed by atoms with Gasteiger partial charge in [0.05, 0.1) is 12.8 Å². The summed E-state index contributed by atoms with van der Waals surface area (Å²) in [6.07, 6.45) is -6.28. The summed E-state index contributed by atoms with van der Waals surface area (Å²) < 4.78 is 34.5. The lowest BCUT2D eigenvalue weighted by Gasteiger charge is -2.10. The lowest BCUT2D eigenvalue weighted by Crippen LogP contribution is -2.29. The predicted octanol–water partition coefficient (Wildman–Crippen LogP) is 0.741. The molecule has 0 aromatic rings. The minimum atomic E-state index is -4.38. The lowest BCUT2D eigenvalue weighted by atomic mass is 10.1. The van der Waals surface area contributed by atoms with E-state index in [9.17, 15) is 18.0 Å². The quantitative estimate of drug-likeness (QED) is 0.658. The molecule has 0 heterocycles. The molecule has 0 rings (SSSR count). The fraction of sp³-hybridized carbons (Fsp3) is 0.800. The van der Waals surface area contributed by atoms with Gasteiger partial charge >= 0.3 is 12.1 Å². The van der Waals surface area contributed by atoms with Crippen LogP contribution in [0.5, 0.6) is 0 Å². The molecule has 3 nitrogen and oxygen atoms in total. The molecule has 0 aromatic carbocycles. The summed E-state index contributed by atoms with van der Waals surface area (Å²) in [5, 5.41) is 8.03. The van der Waals surface area contributed by atoms with Gasteiger partial charge in [-0.2, -0.15) is 13.2 Å². The summed E-state index contributed by atoms with van der Waals surface area (Å²) in [5.41, 5.74) is 4.86. The number of carboxylic acids is 1. The van der Waals surface area contributed by atoms with Crippen LogP contribution in [0.4, 0.5) is 13.2 Å². The summed E-state index contributed by atoms with van der Waals surface area (Å²) in [4.78, 5) is 9.85. The molecule has 0 saturated carbocycles. The first-order valence-electron chi connectivity index (χ1n) is 2.85. The number of nitrogens with two attached hydrogens (primary N) is 1. The third kappa shape index (κ3) is 7.11. The molecule has 0 fully saturated rings. The molecule has 0 aliphatic heterocycles. The highest BCUT2D eigenvalue weighted by atomic mass is 19.4. The van der Waals surface area contributed by atoms with Crippen LogP contribution in [-0.4, -0.2) is 23.3 Å². The summed E-state index contributed by atoms with van der Waals surface area (Å²) in [6, 6.07) is -1.34. The van der Waals surface area contributed by atoms with Gasteiger partial charge in [0.15, 0.2) is 0 Å². The Morgan fingerprint density at radius 3 is 2.27 bits per heavy atom. The highest BCUT2D eigenvalue weighted by Gasteiger charge is 2.30. The Labute approximate surface area is 61.0 Å². The normalized spacial score (nSPS) is 14.5. The van der Waals surface area contributed by atoms with E-state index < -0.39 is 31.0 Å². The maximum Gasteiger partial charge on any atom is 0.390 e. The largest absolute Gasteiger partial charge is 0.481 e. The fourth-order valence-corrected chi connectivity index (χ4v) is 0.594. The molecule has 66 valence electrons. The van der Waals surface area contributed by atoms with Crippen LogP contribution in [0.3, 0.4) is 0 Å². The summed E-state index contributed by atoms with van der Waals surface area (Å²) in [7, 11) is 0. The number of alkyl halides is 3. The predicted molar refractivity (Wildman–Crippen MR) is 30.9 cm³/mol. The van der Waals surface area contributed by atoms with Gasteiger partial charge in [0.1, 0.15) is 0 Å². The van der Waals surface area contributed by atoms with Crippen molar-refractivity contribution in [3.63, 3.8) is 0 Å². The number of rotatable bonds is 3. The van der Waals surface area contributed by atoms with Crippen molar-refractivity contribution >= 4 is 5.97 Å². The van der Waals surface area contributed by atoms with Gasteiger partial charge in [0.2, 0.25) is 0 Å². The van der Waals surface area contributed by atoms with E-state index in [1.54, 1.807) is 0 Å². The van der Waals surface area contributed by atoms with Crippen molar-refractivity contribution in [1.29, 1.82) is 0 Å². The third-order valence-corrected chi connectivity index (χ3v) is 0.930. The number of hydrogen-bond acceptors (Lipinski definition) is 2. The topological polar surface area (TPSA) is 63.3 Å². The molecule has 0 aliphatic carbocycles. The van der Waals surface area contributed by atoms with Crippen LogP contribution in [0.25, 0.3) is 0 Å². The molecule has 0 bridgehead atoms. The first-order valence-corrected chi connectivity index (χ1v) is 2.85. The van der Waals surface area contributed by atoms with Crippen molar-refractivity contribution < 1.29 is 23.1 Å². The van der Waals surface area contributed by atoms with Gasteiger partial charge in [-0.3, -0.25) is 4.79 Å². The van der Waals surface area contributed by atoms with Gasteiger partial charge in [0.25, 0.3) is 0 Å². The third-order valence-electron chi connectivity index (χ3n) is 0.930. The van der Waals surface area contributed by atoms with Crippen molar-refractivity contribution in [2.24, 2.45) is 5.73 Å². The van der Waals surface area contributed by atoms with E-state index in [1.807, 2.05) is 0 Å². The first kappa shape index (κ1) is 10.2.